The Morgan fingerprint density at radius 1 is 1.14 bits per heavy atom. The molecule has 0 aliphatic carbocycles. The largest absolute Gasteiger partial charge is 0.378 e. The lowest BCUT2D eigenvalue weighted by Crippen LogP contribution is -2.50. The summed E-state index contributed by atoms with van der Waals surface area (Å²) >= 11 is 0. The minimum atomic E-state index is -0.00287. The third-order valence-corrected chi connectivity index (χ3v) is 5.87. The van der Waals surface area contributed by atoms with Crippen molar-refractivity contribution in [3.8, 4) is 0 Å². The van der Waals surface area contributed by atoms with Gasteiger partial charge in [0.1, 0.15) is 6.54 Å². The van der Waals surface area contributed by atoms with Crippen LogP contribution in [0.15, 0.2) is 4.99 Å². The average Bonchev–Trinajstić information content (AvgIpc) is 2.71. The summed E-state index contributed by atoms with van der Waals surface area (Å²) in [5.74, 6) is 1.31. The van der Waals surface area contributed by atoms with E-state index in [2.05, 4.69) is 29.5 Å². The Hall–Kier alpha value is -0.610. The molecule has 8 heteroatoms. The Labute approximate surface area is 193 Å². The van der Waals surface area contributed by atoms with Crippen molar-refractivity contribution >= 4 is 35.8 Å². The standard InChI is InChI=1S/C21H40N4O3.HI/c1-5-16(6-2)19-13-17(10-12-28-19)24-21(23-15-20(26)25(3)4)22-14-18-9-7-8-11-27-18;/h16-19H,5-15H2,1-4H3,(H2,22,23,24);1H. The summed E-state index contributed by atoms with van der Waals surface area (Å²) in [6.07, 6.45) is 8.17. The molecular formula is C21H41IN4O3. The van der Waals surface area contributed by atoms with Crippen LogP contribution >= 0.6 is 24.0 Å². The molecule has 1 amide bonds. The van der Waals surface area contributed by atoms with Gasteiger partial charge in [0, 0.05) is 39.9 Å². The molecule has 2 fully saturated rings. The molecule has 0 bridgehead atoms. The first-order valence-corrected chi connectivity index (χ1v) is 11.0. The summed E-state index contributed by atoms with van der Waals surface area (Å²) in [6, 6.07) is 0.312. The summed E-state index contributed by atoms with van der Waals surface area (Å²) in [7, 11) is 3.51. The van der Waals surface area contributed by atoms with Gasteiger partial charge in [0.2, 0.25) is 5.91 Å². The Kier molecular flexibility index (Phi) is 13.1. The van der Waals surface area contributed by atoms with Crippen molar-refractivity contribution in [2.24, 2.45) is 10.9 Å². The maximum Gasteiger partial charge on any atom is 0.243 e. The van der Waals surface area contributed by atoms with Gasteiger partial charge in [-0.3, -0.25) is 4.79 Å². The summed E-state index contributed by atoms with van der Waals surface area (Å²) in [5.41, 5.74) is 0. The van der Waals surface area contributed by atoms with Crippen molar-refractivity contribution < 1.29 is 14.3 Å². The fourth-order valence-electron chi connectivity index (χ4n) is 3.92. The maximum absolute atomic E-state index is 12.0. The zero-order valence-corrected chi connectivity index (χ0v) is 20.9. The van der Waals surface area contributed by atoms with Crippen molar-refractivity contribution in [1.82, 2.24) is 15.5 Å². The molecule has 7 nitrogen and oxygen atoms in total. The van der Waals surface area contributed by atoms with Gasteiger partial charge in [-0.2, -0.15) is 0 Å². The van der Waals surface area contributed by atoms with Crippen molar-refractivity contribution in [2.45, 2.75) is 77.0 Å². The van der Waals surface area contributed by atoms with E-state index >= 15 is 0 Å². The van der Waals surface area contributed by atoms with E-state index < -0.39 is 0 Å². The molecule has 2 aliphatic rings. The number of nitrogens with one attached hydrogen (secondary N) is 2. The Bertz CT molecular complexity index is 494. The quantitative estimate of drug-likeness (QED) is 0.290. The molecule has 0 saturated carbocycles. The Morgan fingerprint density at radius 3 is 2.52 bits per heavy atom. The van der Waals surface area contributed by atoms with Crippen LogP contribution in [0.1, 0.15) is 58.8 Å². The molecular weight excluding hydrogens is 483 g/mol. The van der Waals surface area contributed by atoms with E-state index in [-0.39, 0.29) is 42.5 Å². The van der Waals surface area contributed by atoms with E-state index in [1.165, 1.54) is 6.42 Å². The monoisotopic (exact) mass is 524 g/mol. The van der Waals surface area contributed by atoms with Gasteiger partial charge in [0.25, 0.3) is 0 Å². The number of nitrogens with zero attached hydrogens (tertiary/aromatic N) is 2. The van der Waals surface area contributed by atoms with E-state index in [0.717, 1.165) is 58.3 Å². The fourth-order valence-corrected chi connectivity index (χ4v) is 3.92. The highest BCUT2D eigenvalue weighted by atomic mass is 127. The van der Waals surface area contributed by atoms with Crippen molar-refractivity contribution in [3.05, 3.63) is 0 Å². The van der Waals surface area contributed by atoms with Crippen molar-refractivity contribution in [1.29, 1.82) is 0 Å². The van der Waals surface area contributed by atoms with E-state index in [9.17, 15) is 4.79 Å². The molecule has 0 spiro atoms. The summed E-state index contributed by atoms with van der Waals surface area (Å²) in [4.78, 5) is 18.1. The number of ether oxygens (including phenoxy) is 2. The topological polar surface area (TPSA) is 75.2 Å². The molecule has 3 atom stereocenters. The SMILES string of the molecule is CCC(CC)C1CC(NC(=NCC(=O)N(C)C)NCC2CCCCO2)CCO1.I. The number of aliphatic imine (C=N–C) groups is 1. The lowest BCUT2D eigenvalue weighted by atomic mass is 9.89. The highest BCUT2D eigenvalue weighted by Gasteiger charge is 2.28. The summed E-state index contributed by atoms with van der Waals surface area (Å²) in [6.45, 7) is 6.95. The zero-order valence-electron chi connectivity index (χ0n) is 18.6. The number of guanidine groups is 1. The van der Waals surface area contributed by atoms with E-state index in [1.807, 2.05) is 0 Å². The average molecular weight is 524 g/mol. The van der Waals surface area contributed by atoms with Gasteiger partial charge in [0.15, 0.2) is 5.96 Å². The van der Waals surface area contributed by atoms with Crippen molar-refractivity contribution in [3.63, 3.8) is 0 Å². The van der Waals surface area contributed by atoms with Gasteiger partial charge in [-0.05, 0) is 38.0 Å². The molecule has 0 aromatic heterocycles. The van der Waals surface area contributed by atoms with Crippen LogP contribution in [-0.2, 0) is 14.3 Å². The van der Waals surface area contributed by atoms with Crippen LogP contribution < -0.4 is 10.6 Å². The molecule has 2 saturated heterocycles. The van der Waals surface area contributed by atoms with Crippen LogP contribution in [-0.4, -0.2) is 75.4 Å². The lowest BCUT2D eigenvalue weighted by Gasteiger charge is -2.35. The van der Waals surface area contributed by atoms with Crippen LogP contribution in [0, 0.1) is 5.92 Å². The second-order valence-corrected chi connectivity index (χ2v) is 8.17. The molecule has 2 heterocycles. The first kappa shape index (κ1) is 26.4. The highest BCUT2D eigenvalue weighted by molar-refractivity contribution is 14.0. The minimum Gasteiger partial charge on any atom is -0.378 e. The number of likely N-dealkylation sites (N-methyl/N-ethyl adjacent to an activating group) is 1. The predicted molar refractivity (Wildman–Crippen MR) is 128 cm³/mol. The number of halogens is 1. The highest BCUT2D eigenvalue weighted by Crippen LogP contribution is 2.25. The lowest BCUT2D eigenvalue weighted by molar-refractivity contribution is -0.127. The van der Waals surface area contributed by atoms with Crippen LogP contribution in [0.2, 0.25) is 0 Å². The Morgan fingerprint density at radius 2 is 1.90 bits per heavy atom. The number of hydrogen-bond donors (Lipinski definition) is 2. The van der Waals surface area contributed by atoms with Crippen LogP contribution in [0.4, 0.5) is 0 Å². The predicted octanol–water partition coefficient (Wildman–Crippen LogP) is 2.78. The second-order valence-electron chi connectivity index (χ2n) is 8.17. The Balaban J connectivity index is 0.00000420. The molecule has 170 valence electrons. The zero-order chi connectivity index (χ0) is 20.4. The van der Waals surface area contributed by atoms with Gasteiger partial charge < -0.3 is 25.0 Å². The first-order valence-electron chi connectivity index (χ1n) is 11.0. The number of hydrogen-bond acceptors (Lipinski definition) is 4. The minimum absolute atomic E-state index is 0. The molecule has 29 heavy (non-hydrogen) atoms. The smallest absolute Gasteiger partial charge is 0.243 e. The number of rotatable bonds is 8. The second kappa shape index (κ2) is 14.4. The summed E-state index contributed by atoms with van der Waals surface area (Å²) < 4.78 is 11.9. The molecule has 3 unspecified atom stereocenters. The van der Waals surface area contributed by atoms with Gasteiger partial charge >= 0.3 is 0 Å². The van der Waals surface area contributed by atoms with Crippen LogP contribution in [0.25, 0.3) is 0 Å². The van der Waals surface area contributed by atoms with Gasteiger partial charge in [0.05, 0.1) is 12.2 Å². The summed E-state index contributed by atoms with van der Waals surface area (Å²) in [5, 5.41) is 6.96. The third-order valence-electron chi connectivity index (χ3n) is 5.87. The van der Waals surface area contributed by atoms with E-state index in [0.29, 0.717) is 24.0 Å². The number of carbonyl (C=O) groups is 1. The normalized spacial score (nSPS) is 25.3. The molecule has 0 radical (unpaired) electrons. The molecule has 0 aromatic rings. The van der Waals surface area contributed by atoms with E-state index in [4.69, 9.17) is 9.47 Å². The van der Waals surface area contributed by atoms with Crippen LogP contribution in [0.5, 0.6) is 0 Å². The molecule has 0 aromatic carbocycles. The van der Waals surface area contributed by atoms with Gasteiger partial charge in [-0.15, -0.1) is 24.0 Å². The first-order chi connectivity index (χ1) is 13.5. The maximum atomic E-state index is 12.0. The molecule has 2 aliphatic heterocycles. The van der Waals surface area contributed by atoms with Gasteiger partial charge in [-0.1, -0.05) is 26.7 Å². The van der Waals surface area contributed by atoms with E-state index in [1.54, 1.807) is 19.0 Å². The number of amides is 1. The van der Waals surface area contributed by atoms with Crippen LogP contribution in [0.3, 0.4) is 0 Å². The molecule has 2 rings (SSSR count). The number of carbonyl (C=O) groups excluding carboxylic acids is 1. The van der Waals surface area contributed by atoms with Crippen molar-refractivity contribution in [2.75, 3.05) is 40.4 Å². The third kappa shape index (κ3) is 9.38. The van der Waals surface area contributed by atoms with Gasteiger partial charge in [-0.25, -0.2) is 4.99 Å². The molecule has 2 N–H and O–H groups in total. The fraction of sp³-hybridized carbons (Fsp3) is 0.905.